The minimum atomic E-state index is -3.43. The lowest BCUT2D eigenvalue weighted by Crippen LogP contribution is -2.56. The number of hydrogen-bond acceptors (Lipinski definition) is 3. The normalized spacial score (nSPS) is 15.3. The molecule has 1 fully saturated rings. The summed E-state index contributed by atoms with van der Waals surface area (Å²) >= 11 is 5.79. The van der Waals surface area contributed by atoms with Gasteiger partial charge in [-0.3, -0.25) is 4.79 Å². The first-order valence-corrected chi connectivity index (χ1v) is 9.16. The number of halogens is 1. The number of carbonyl (C=O) groups is 1. The lowest BCUT2D eigenvalue weighted by molar-refractivity contribution is 0.0659. The van der Waals surface area contributed by atoms with Crippen molar-refractivity contribution < 1.29 is 13.2 Å². The van der Waals surface area contributed by atoms with Gasteiger partial charge in [-0.25, -0.2) is 8.42 Å². The van der Waals surface area contributed by atoms with Crippen LogP contribution in [0.5, 0.6) is 0 Å². The van der Waals surface area contributed by atoms with Crippen LogP contribution in [0.25, 0.3) is 0 Å². The Morgan fingerprint density at radius 1 is 1.13 bits per heavy atom. The predicted molar refractivity (Wildman–Crippen MR) is 89.5 cm³/mol. The summed E-state index contributed by atoms with van der Waals surface area (Å²) in [6, 6.07) is 13.4. The Morgan fingerprint density at radius 2 is 1.78 bits per heavy atom. The summed E-state index contributed by atoms with van der Waals surface area (Å²) in [6.45, 7) is 2.36. The molecule has 0 N–H and O–H groups in total. The van der Waals surface area contributed by atoms with Gasteiger partial charge in [0.2, 0.25) is 0 Å². The molecule has 0 aliphatic carbocycles. The molecule has 0 spiro atoms. The number of aryl methyl sites for hydroxylation is 1. The van der Waals surface area contributed by atoms with Gasteiger partial charge in [0.25, 0.3) is 5.91 Å². The second-order valence-corrected chi connectivity index (χ2v) is 8.37. The van der Waals surface area contributed by atoms with Gasteiger partial charge < -0.3 is 4.90 Å². The van der Waals surface area contributed by atoms with Crippen LogP contribution >= 0.6 is 11.6 Å². The second kappa shape index (κ2) is 5.98. The standard InChI is InChI=1S/C17H16ClNO3S/c1-12-3-2-4-13(9-12)17(20)19-10-16(11-19)23(21,22)15-7-5-14(18)6-8-15/h2-9,16H,10-11H2,1H3. The number of sulfone groups is 1. The van der Waals surface area contributed by atoms with Crippen molar-refractivity contribution in [3.8, 4) is 0 Å². The summed E-state index contributed by atoms with van der Waals surface area (Å²) in [5.41, 5.74) is 1.59. The molecule has 3 rings (SSSR count). The van der Waals surface area contributed by atoms with Gasteiger partial charge >= 0.3 is 0 Å². The molecule has 0 atom stereocenters. The Kier molecular flexibility index (Phi) is 4.17. The summed E-state index contributed by atoms with van der Waals surface area (Å²) in [5, 5.41) is -0.0637. The van der Waals surface area contributed by atoms with E-state index in [-0.39, 0.29) is 23.9 Å². The van der Waals surface area contributed by atoms with E-state index in [9.17, 15) is 13.2 Å². The van der Waals surface area contributed by atoms with Crippen molar-refractivity contribution in [1.29, 1.82) is 0 Å². The highest BCUT2D eigenvalue weighted by Crippen LogP contribution is 2.26. The summed E-state index contributed by atoms with van der Waals surface area (Å²) in [7, 11) is -3.43. The average molecular weight is 350 g/mol. The van der Waals surface area contributed by atoms with Gasteiger partial charge in [0.05, 0.1) is 4.90 Å². The molecule has 2 aromatic rings. The minimum absolute atomic E-state index is 0.128. The number of likely N-dealkylation sites (tertiary alicyclic amines) is 1. The maximum absolute atomic E-state index is 12.5. The first-order valence-electron chi connectivity index (χ1n) is 7.23. The summed E-state index contributed by atoms with van der Waals surface area (Å²) in [5.74, 6) is -0.128. The third-order valence-corrected chi connectivity index (χ3v) is 6.34. The number of amides is 1. The molecular formula is C17H16ClNO3S. The Hall–Kier alpha value is -1.85. The highest BCUT2D eigenvalue weighted by Gasteiger charge is 2.40. The van der Waals surface area contributed by atoms with E-state index in [0.29, 0.717) is 10.6 Å². The molecule has 0 unspecified atom stereocenters. The molecule has 0 radical (unpaired) electrons. The van der Waals surface area contributed by atoms with Crippen molar-refractivity contribution in [3.63, 3.8) is 0 Å². The van der Waals surface area contributed by atoms with Crippen molar-refractivity contribution in [2.24, 2.45) is 0 Å². The second-order valence-electron chi connectivity index (χ2n) is 5.70. The van der Waals surface area contributed by atoms with E-state index in [1.807, 2.05) is 25.1 Å². The largest absolute Gasteiger partial charge is 0.336 e. The third kappa shape index (κ3) is 3.12. The van der Waals surface area contributed by atoms with Gasteiger partial charge in [0.1, 0.15) is 5.25 Å². The predicted octanol–water partition coefficient (Wildman–Crippen LogP) is 2.95. The Labute approximate surface area is 140 Å². The fraction of sp³-hybridized carbons (Fsp3) is 0.235. The van der Waals surface area contributed by atoms with E-state index in [2.05, 4.69) is 0 Å². The lowest BCUT2D eigenvalue weighted by atomic mass is 10.1. The van der Waals surface area contributed by atoms with E-state index in [1.54, 1.807) is 23.1 Å². The fourth-order valence-electron chi connectivity index (χ4n) is 2.58. The van der Waals surface area contributed by atoms with E-state index in [4.69, 9.17) is 11.6 Å². The van der Waals surface area contributed by atoms with Crippen LogP contribution in [-0.2, 0) is 9.84 Å². The number of benzene rings is 2. The highest BCUT2D eigenvalue weighted by molar-refractivity contribution is 7.92. The van der Waals surface area contributed by atoms with Crippen molar-refractivity contribution in [1.82, 2.24) is 4.90 Å². The van der Waals surface area contributed by atoms with Gasteiger partial charge in [-0.05, 0) is 43.3 Å². The van der Waals surface area contributed by atoms with E-state index in [0.717, 1.165) is 5.56 Å². The molecule has 23 heavy (non-hydrogen) atoms. The summed E-state index contributed by atoms with van der Waals surface area (Å²) in [6.07, 6.45) is 0. The van der Waals surface area contributed by atoms with Gasteiger partial charge in [-0.15, -0.1) is 0 Å². The molecule has 0 bridgehead atoms. The maximum Gasteiger partial charge on any atom is 0.253 e. The van der Waals surface area contributed by atoms with Crippen LogP contribution in [-0.4, -0.2) is 37.6 Å². The fourth-order valence-corrected chi connectivity index (χ4v) is 4.36. The van der Waals surface area contributed by atoms with Crippen LogP contribution in [0.15, 0.2) is 53.4 Å². The van der Waals surface area contributed by atoms with E-state index < -0.39 is 15.1 Å². The summed E-state index contributed by atoms with van der Waals surface area (Å²) < 4.78 is 25.0. The number of hydrogen-bond donors (Lipinski definition) is 0. The number of nitrogens with zero attached hydrogens (tertiary/aromatic N) is 1. The van der Waals surface area contributed by atoms with Crippen LogP contribution in [0, 0.1) is 6.92 Å². The molecule has 120 valence electrons. The zero-order valence-corrected chi connectivity index (χ0v) is 14.1. The number of carbonyl (C=O) groups excluding carboxylic acids is 1. The van der Waals surface area contributed by atoms with E-state index >= 15 is 0 Å². The molecule has 0 aromatic heterocycles. The zero-order chi connectivity index (χ0) is 16.6. The highest BCUT2D eigenvalue weighted by atomic mass is 35.5. The third-order valence-electron chi connectivity index (χ3n) is 3.98. The molecule has 1 aliphatic rings. The summed E-state index contributed by atoms with van der Waals surface area (Å²) in [4.78, 5) is 14.2. The van der Waals surface area contributed by atoms with Crippen LogP contribution < -0.4 is 0 Å². The first-order chi connectivity index (χ1) is 10.9. The molecule has 2 aromatic carbocycles. The lowest BCUT2D eigenvalue weighted by Gasteiger charge is -2.38. The first kappa shape index (κ1) is 16.0. The molecular weight excluding hydrogens is 334 g/mol. The van der Waals surface area contributed by atoms with E-state index in [1.165, 1.54) is 12.1 Å². The monoisotopic (exact) mass is 349 g/mol. The number of rotatable bonds is 3. The zero-order valence-electron chi connectivity index (χ0n) is 12.6. The Balaban J connectivity index is 1.71. The Morgan fingerprint density at radius 3 is 2.39 bits per heavy atom. The quantitative estimate of drug-likeness (QED) is 0.856. The molecule has 1 amide bonds. The maximum atomic E-state index is 12.5. The van der Waals surface area contributed by atoms with Crippen molar-refractivity contribution in [3.05, 3.63) is 64.7 Å². The smallest absolute Gasteiger partial charge is 0.253 e. The molecule has 1 aliphatic heterocycles. The van der Waals surface area contributed by atoms with Crippen molar-refractivity contribution in [2.45, 2.75) is 17.1 Å². The van der Waals surface area contributed by atoms with Crippen LogP contribution in [0.2, 0.25) is 5.02 Å². The van der Waals surface area contributed by atoms with Crippen molar-refractivity contribution >= 4 is 27.3 Å². The topological polar surface area (TPSA) is 54.5 Å². The van der Waals surface area contributed by atoms with Gasteiger partial charge in [0, 0.05) is 23.7 Å². The molecule has 4 nitrogen and oxygen atoms in total. The Bertz CT molecular complexity index is 840. The van der Waals surface area contributed by atoms with Gasteiger partial charge in [-0.1, -0.05) is 29.3 Å². The SMILES string of the molecule is Cc1cccc(C(=O)N2CC(S(=O)(=O)c3ccc(Cl)cc3)C2)c1. The van der Waals surface area contributed by atoms with Gasteiger partial charge in [0.15, 0.2) is 9.84 Å². The average Bonchev–Trinajstić information content (AvgIpc) is 2.45. The van der Waals surface area contributed by atoms with Gasteiger partial charge in [-0.2, -0.15) is 0 Å². The molecule has 1 saturated heterocycles. The van der Waals surface area contributed by atoms with Crippen LogP contribution in [0.4, 0.5) is 0 Å². The van der Waals surface area contributed by atoms with Crippen LogP contribution in [0.3, 0.4) is 0 Å². The molecule has 0 saturated carbocycles. The molecule has 1 heterocycles. The van der Waals surface area contributed by atoms with Crippen LogP contribution in [0.1, 0.15) is 15.9 Å². The minimum Gasteiger partial charge on any atom is -0.336 e. The molecule has 6 heteroatoms. The van der Waals surface area contributed by atoms with Crippen molar-refractivity contribution in [2.75, 3.05) is 13.1 Å².